The molecule has 112 valence electrons. The zero-order chi connectivity index (χ0) is 14.5. The molecule has 0 bridgehead atoms. The summed E-state index contributed by atoms with van der Waals surface area (Å²) in [6.07, 6.45) is 7.79. The third-order valence-corrected chi connectivity index (χ3v) is 4.42. The fraction of sp³-hybridized carbons (Fsp3) is 0.471. The molecule has 0 unspecified atom stereocenters. The van der Waals surface area contributed by atoms with E-state index in [1.165, 1.54) is 19.3 Å². The fourth-order valence-electron chi connectivity index (χ4n) is 3.08. The maximum atomic E-state index is 9.71. The second-order valence-corrected chi connectivity index (χ2v) is 5.94. The zero-order valence-corrected chi connectivity index (χ0v) is 12.3. The smallest absolute Gasteiger partial charge is 0.0767 e. The number of nitrogens with zero attached hydrogens (tertiary/aromatic N) is 2. The van der Waals surface area contributed by atoms with Crippen LogP contribution in [-0.4, -0.2) is 27.0 Å². The first-order valence-electron chi connectivity index (χ1n) is 7.77. The molecule has 1 saturated carbocycles. The molecule has 4 nitrogen and oxygen atoms in total. The molecule has 1 aliphatic carbocycles. The van der Waals surface area contributed by atoms with Gasteiger partial charge in [-0.1, -0.05) is 37.5 Å². The molecule has 1 aromatic carbocycles. The lowest BCUT2D eigenvalue weighted by Crippen LogP contribution is -2.49. The van der Waals surface area contributed by atoms with Crippen LogP contribution in [0.2, 0.25) is 0 Å². The first kappa shape index (κ1) is 14.3. The fourth-order valence-corrected chi connectivity index (χ4v) is 3.08. The molecule has 0 amide bonds. The quantitative estimate of drug-likeness (QED) is 0.888. The third-order valence-electron chi connectivity index (χ3n) is 4.42. The van der Waals surface area contributed by atoms with Gasteiger partial charge in [0, 0.05) is 18.3 Å². The molecule has 1 aliphatic rings. The summed E-state index contributed by atoms with van der Waals surface area (Å²) in [4.78, 5) is 0. The Hall–Kier alpha value is -1.65. The average Bonchev–Trinajstić information content (AvgIpc) is 3.04. The van der Waals surface area contributed by atoms with E-state index in [0.717, 1.165) is 24.2 Å². The second kappa shape index (κ2) is 6.41. The number of benzene rings is 1. The first-order valence-corrected chi connectivity index (χ1v) is 7.77. The summed E-state index contributed by atoms with van der Waals surface area (Å²) in [6, 6.07) is 12.1. The van der Waals surface area contributed by atoms with Crippen molar-refractivity contribution in [1.29, 1.82) is 0 Å². The van der Waals surface area contributed by atoms with Gasteiger partial charge in [0.25, 0.3) is 0 Å². The molecule has 0 aliphatic heterocycles. The van der Waals surface area contributed by atoms with Crippen molar-refractivity contribution in [1.82, 2.24) is 15.1 Å². The van der Waals surface area contributed by atoms with Gasteiger partial charge in [0.1, 0.15) is 0 Å². The van der Waals surface area contributed by atoms with Gasteiger partial charge in [-0.05, 0) is 31.0 Å². The lowest BCUT2D eigenvalue weighted by atomic mass is 9.82. The predicted molar refractivity (Wildman–Crippen MR) is 83.3 cm³/mol. The number of aromatic nitrogens is 2. The maximum Gasteiger partial charge on any atom is 0.0767 e. The Labute approximate surface area is 125 Å². The predicted octanol–water partition coefficient (Wildman–Crippen LogP) is 2.66. The molecule has 2 aromatic rings. The largest absolute Gasteiger partial charge is 0.394 e. The Kier molecular flexibility index (Phi) is 4.36. The highest BCUT2D eigenvalue weighted by Gasteiger charge is 2.30. The van der Waals surface area contributed by atoms with E-state index in [1.54, 1.807) is 0 Å². The van der Waals surface area contributed by atoms with Gasteiger partial charge >= 0.3 is 0 Å². The number of hydrogen-bond donors (Lipinski definition) is 2. The van der Waals surface area contributed by atoms with E-state index in [0.29, 0.717) is 6.54 Å². The van der Waals surface area contributed by atoms with Crippen molar-refractivity contribution in [3.8, 4) is 5.69 Å². The van der Waals surface area contributed by atoms with Gasteiger partial charge < -0.3 is 10.4 Å². The highest BCUT2D eigenvalue weighted by Crippen LogP contribution is 2.28. The molecule has 21 heavy (non-hydrogen) atoms. The molecular formula is C17H23N3O. The molecular weight excluding hydrogens is 262 g/mol. The standard InChI is InChI=1S/C17H23N3O/c21-14-17(10-5-2-6-11-17)18-13-15-9-12-20(19-15)16-7-3-1-4-8-16/h1,3-4,7-9,12,18,21H,2,5-6,10-11,13-14H2. The van der Waals surface area contributed by atoms with E-state index in [4.69, 9.17) is 0 Å². The first-order chi connectivity index (χ1) is 10.3. The molecule has 0 spiro atoms. The van der Waals surface area contributed by atoms with Gasteiger partial charge in [-0.15, -0.1) is 0 Å². The minimum atomic E-state index is -0.102. The van der Waals surface area contributed by atoms with Crippen LogP contribution in [0.15, 0.2) is 42.6 Å². The van der Waals surface area contributed by atoms with Crippen molar-refractivity contribution in [2.75, 3.05) is 6.61 Å². The van der Waals surface area contributed by atoms with Crippen LogP contribution in [0.5, 0.6) is 0 Å². The van der Waals surface area contributed by atoms with Crippen LogP contribution >= 0.6 is 0 Å². The maximum absolute atomic E-state index is 9.71. The molecule has 1 fully saturated rings. The Balaban J connectivity index is 1.65. The molecule has 2 N–H and O–H groups in total. The molecule has 0 atom stereocenters. The van der Waals surface area contributed by atoms with Crippen molar-refractivity contribution in [3.63, 3.8) is 0 Å². The minimum Gasteiger partial charge on any atom is -0.394 e. The van der Waals surface area contributed by atoms with Crippen LogP contribution in [0.4, 0.5) is 0 Å². The van der Waals surface area contributed by atoms with Crippen LogP contribution in [0.3, 0.4) is 0 Å². The molecule has 1 heterocycles. The van der Waals surface area contributed by atoms with Gasteiger partial charge in [-0.2, -0.15) is 5.10 Å². The zero-order valence-electron chi connectivity index (χ0n) is 12.3. The van der Waals surface area contributed by atoms with Gasteiger partial charge in [0.05, 0.1) is 18.0 Å². The van der Waals surface area contributed by atoms with Crippen LogP contribution in [0.1, 0.15) is 37.8 Å². The van der Waals surface area contributed by atoms with E-state index in [-0.39, 0.29) is 12.1 Å². The number of aliphatic hydroxyl groups excluding tert-OH is 1. The second-order valence-electron chi connectivity index (χ2n) is 5.94. The van der Waals surface area contributed by atoms with Crippen LogP contribution in [0.25, 0.3) is 5.69 Å². The Bertz CT molecular complexity index is 558. The summed E-state index contributed by atoms with van der Waals surface area (Å²) in [5.74, 6) is 0. The van der Waals surface area contributed by atoms with E-state index < -0.39 is 0 Å². The summed E-state index contributed by atoms with van der Waals surface area (Å²) >= 11 is 0. The third kappa shape index (κ3) is 3.34. The van der Waals surface area contributed by atoms with E-state index in [1.807, 2.05) is 47.3 Å². The van der Waals surface area contributed by atoms with Crippen LogP contribution in [0, 0.1) is 0 Å². The molecule has 1 aromatic heterocycles. The van der Waals surface area contributed by atoms with Crippen molar-refractivity contribution in [3.05, 3.63) is 48.3 Å². The average molecular weight is 285 g/mol. The van der Waals surface area contributed by atoms with Gasteiger partial charge in [-0.25, -0.2) is 4.68 Å². The molecule has 0 radical (unpaired) electrons. The summed E-state index contributed by atoms with van der Waals surface area (Å²) in [5, 5.41) is 17.9. The van der Waals surface area contributed by atoms with Crippen molar-refractivity contribution in [2.24, 2.45) is 0 Å². The van der Waals surface area contributed by atoms with Gasteiger partial charge in [0.2, 0.25) is 0 Å². The lowest BCUT2D eigenvalue weighted by Gasteiger charge is -2.36. The number of nitrogens with one attached hydrogen (secondary N) is 1. The van der Waals surface area contributed by atoms with Crippen molar-refractivity contribution >= 4 is 0 Å². The van der Waals surface area contributed by atoms with Gasteiger partial charge in [0.15, 0.2) is 0 Å². The van der Waals surface area contributed by atoms with Crippen molar-refractivity contribution in [2.45, 2.75) is 44.2 Å². The topological polar surface area (TPSA) is 50.1 Å². The molecule has 0 saturated heterocycles. The van der Waals surface area contributed by atoms with Crippen LogP contribution in [-0.2, 0) is 6.54 Å². The molecule has 3 rings (SSSR count). The number of hydrogen-bond acceptors (Lipinski definition) is 3. The summed E-state index contributed by atoms with van der Waals surface area (Å²) in [7, 11) is 0. The number of aliphatic hydroxyl groups is 1. The summed E-state index contributed by atoms with van der Waals surface area (Å²) in [5.41, 5.74) is 1.98. The Morgan fingerprint density at radius 3 is 2.57 bits per heavy atom. The number of rotatable bonds is 5. The Morgan fingerprint density at radius 2 is 1.86 bits per heavy atom. The van der Waals surface area contributed by atoms with Crippen LogP contribution < -0.4 is 5.32 Å². The SMILES string of the molecule is OCC1(NCc2ccn(-c3ccccc3)n2)CCCCC1. The van der Waals surface area contributed by atoms with E-state index in [9.17, 15) is 5.11 Å². The number of para-hydroxylation sites is 1. The van der Waals surface area contributed by atoms with E-state index in [2.05, 4.69) is 10.4 Å². The Morgan fingerprint density at radius 1 is 1.10 bits per heavy atom. The summed E-state index contributed by atoms with van der Waals surface area (Å²) in [6.45, 7) is 0.923. The summed E-state index contributed by atoms with van der Waals surface area (Å²) < 4.78 is 1.89. The highest BCUT2D eigenvalue weighted by atomic mass is 16.3. The van der Waals surface area contributed by atoms with Crippen molar-refractivity contribution < 1.29 is 5.11 Å². The minimum absolute atomic E-state index is 0.102. The van der Waals surface area contributed by atoms with Gasteiger partial charge in [-0.3, -0.25) is 0 Å². The highest BCUT2D eigenvalue weighted by molar-refractivity contribution is 5.30. The monoisotopic (exact) mass is 285 g/mol. The lowest BCUT2D eigenvalue weighted by molar-refractivity contribution is 0.119. The molecule has 4 heteroatoms. The van der Waals surface area contributed by atoms with E-state index >= 15 is 0 Å². The normalized spacial score (nSPS) is 17.8.